The van der Waals surface area contributed by atoms with Gasteiger partial charge in [0.25, 0.3) is 0 Å². The highest BCUT2D eigenvalue weighted by molar-refractivity contribution is 5.94. The van der Waals surface area contributed by atoms with Crippen LogP contribution in [0.4, 0.5) is 36.3 Å². The molecule has 0 fully saturated rings. The normalized spacial score (nSPS) is 14.7. The minimum atomic E-state index is -1.06. The van der Waals surface area contributed by atoms with Crippen molar-refractivity contribution >= 4 is 40.0 Å². The van der Waals surface area contributed by atoms with Crippen molar-refractivity contribution in [3.63, 3.8) is 0 Å². The average molecular weight is 523 g/mol. The van der Waals surface area contributed by atoms with Crippen molar-refractivity contribution in [1.29, 1.82) is 0 Å². The molecule has 2 aromatic carbocycles. The molecule has 0 saturated heterocycles. The molecule has 38 heavy (non-hydrogen) atoms. The van der Waals surface area contributed by atoms with Gasteiger partial charge in [-0.2, -0.15) is 4.98 Å². The highest BCUT2D eigenvalue weighted by Gasteiger charge is 2.25. The van der Waals surface area contributed by atoms with Crippen molar-refractivity contribution in [3.05, 3.63) is 84.6 Å². The highest BCUT2D eigenvalue weighted by Crippen LogP contribution is 2.34. The Balaban J connectivity index is 1.37. The number of anilines is 4. The molecule has 0 amide bonds. The third-order valence-corrected chi connectivity index (χ3v) is 6.09. The Morgan fingerprint density at radius 3 is 2.79 bits per heavy atom. The third-order valence-electron chi connectivity index (χ3n) is 6.09. The van der Waals surface area contributed by atoms with Crippen LogP contribution in [0.1, 0.15) is 19.8 Å². The fourth-order valence-corrected chi connectivity index (χ4v) is 4.34. The molecule has 2 aromatic heterocycles. The molecule has 4 aromatic rings. The first-order chi connectivity index (χ1) is 18.4. The van der Waals surface area contributed by atoms with Gasteiger partial charge in [-0.3, -0.25) is 4.79 Å². The molecular formula is C27H25F3N6O2. The predicted octanol–water partition coefficient (Wildman–Crippen LogP) is 5.71. The van der Waals surface area contributed by atoms with Gasteiger partial charge in [-0.15, -0.1) is 0 Å². The molecule has 1 aliphatic heterocycles. The van der Waals surface area contributed by atoms with E-state index in [4.69, 9.17) is 4.74 Å². The van der Waals surface area contributed by atoms with E-state index < -0.39 is 17.5 Å². The van der Waals surface area contributed by atoms with E-state index >= 15 is 0 Å². The number of aryl methyl sites for hydroxylation is 1. The molecule has 1 aliphatic rings. The molecule has 0 radical (unpaired) electrons. The average Bonchev–Trinajstić information content (AvgIpc) is 3.51. The van der Waals surface area contributed by atoms with E-state index in [1.165, 1.54) is 6.07 Å². The maximum absolute atomic E-state index is 14.4. The van der Waals surface area contributed by atoms with Crippen molar-refractivity contribution in [2.45, 2.75) is 32.5 Å². The van der Waals surface area contributed by atoms with Crippen LogP contribution in [0.5, 0.6) is 0 Å². The number of benzene rings is 2. The zero-order valence-electron chi connectivity index (χ0n) is 20.5. The van der Waals surface area contributed by atoms with Gasteiger partial charge in [0.1, 0.15) is 6.17 Å². The van der Waals surface area contributed by atoms with Gasteiger partial charge in [-0.25, -0.2) is 18.2 Å². The topological polar surface area (TPSA) is 84.3 Å². The van der Waals surface area contributed by atoms with Gasteiger partial charge in [0.15, 0.2) is 23.3 Å². The van der Waals surface area contributed by atoms with Crippen LogP contribution in [-0.4, -0.2) is 33.3 Å². The molecule has 0 spiro atoms. The van der Waals surface area contributed by atoms with Gasteiger partial charge in [0.2, 0.25) is 5.95 Å². The van der Waals surface area contributed by atoms with Crippen LogP contribution < -0.4 is 15.5 Å². The molecule has 1 unspecified atom stereocenters. The summed E-state index contributed by atoms with van der Waals surface area (Å²) in [6.07, 6.45) is 7.52. The van der Waals surface area contributed by atoms with Gasteiger partial charge in [0, 0.05) is 42.5 Å². The minimum absolute atomic E-state index is 0.146. The van der Waals surface area contributed by atoms with Crippen molar-refractivity contribution in [2.75, 3.05) is 22.1 Å². The number of halogens is 3. The summed E-state index contributed by atoms with van der Waals surface area (Å²) < 4.78 is 48.3. The van der Waals surface area contributed by atoms with Crippen molar-refractivity contribution < 1.29 is 22.7 Å². The second-order valence-corrected chi connectivity index (χ2v) is 8.61. The number of rotatable bonds is 9. The van der Waals surface area contributed by atoms with E-state index in [1.807, 2.05) is 52.2 Å². The van der Waals surface area contributed by atoms with Gasteiger partial charge in [0.05, 0.1) is 30.4 Å². The van der Waals surface area contributed by atoms with E-state index in [-0.39, 0.29) is 36.0 Å². The first kappa shape index (κ1) is 25.1. The molecule has 0 saturated carbocycles. The lowest BCUT2D eigenvalue weighted by Crippen LogP contribution is -2.34. The number of hydrogen-bond acceptors (Lipinski definition) is 7. The number of carbonyl (C=O) groups excluding carboxylic acids is 1. The van der Waals surface area contributed by atoms with E-state index in [1.54, 1.807) is 6.92 Å². The van der Waals surface area contributed by atoms with Gasteiger partial charge in [-0.1, -0.05) is 24.3 Å². The SMILES string of the molecule is CCOC(=O)CCn1cc(N2C=CCC2Nc2ncc(F)c(Nc3ccc(F)c(F)c3)n2)c2ccccc21. The fourth-order valence-electron chi connectivity index (χ4n) is 4.34. The smallest absolute Gasteiger partial charge is 0.307 e. The lowest BCUT2D eigenvalue weighted by molar-refractivity contribution is -0.143. The molecule has 8 nitrogen and oxygen atoms in total. The summed E-state index contributed by atoms with van der Waals surface area (Å²) in [6, 6.07) is 11.0. The number of aromatic nitrogens is 3. The molecule has 0 aliphatic carbocycles. The van der Waals surface area contributed by atoms with Crippen LogP contribution in [0.2, 0.25) is 0 Å². The quantitative estimate of drug-likeness (QED) is 0.273. The van der Waals surface area contributed by atoms with E-state index in [0.29, 0.717) is 19.6 Å². The number of hydrogen-bond donors (Lipinski definition) is 2. The van der Waals surface area contributed by atoms with Crippen LogP contribution in [0.3, 0.4) is 0 Å². The number of ether oxygens (including phenoxy) is 1. The van der Waals surface area contributed by atoms with E-state index in [9.17, 15) is 18.0 Å². The van der Waals surface area contributed by atoms with Crippen molar-refractivity contribution in [1.82, 2.24) is 14.5 Å². The fraction of sp³-hybridized carbons (Fsp3) is 0.222. The van der Waals surface area contributed by atoms with Crippen LogP contribution in [0.15, 0.2) is 67.1 Å². The summed E-state index contributed by atoms with van der Waals surface area (Å²) in [6.45, 7) is 2.58. The Morgan fingerprint density at radius 1 is 1.13 bits per heavy atom. The number of para-hydroxylation sites is 1. The monoisotopic (exact) mass is 522 g/mol. The third kappa shape index (κ3) is 5.26. The minimum Gasteiger partial charge on any atom is -0.466 e. The molecule has 1 atom stereocenters. The molecular weight excluding hydrogens is 497 g/mol. The summed E-state index contributed by atoms with van der Waals surface area (Å²) in [7, 11) is 0. The van der Waals surface area contributed by atoms with Crippen LogP contribution >= 0.6 is 0 Å². The summed E-state index contributed by atoms with van der Waals surface area (Å²) in [4.78, 5) is 22.2. The molecule has 3 heterocycles. The van der Waals surface area contributed by atoms with Gasteiger partial charge in [-0.05, 0) is 25.1 Å². The first-order valence-corrected chi connectivity index (χ1v) is 12.1. The largest absolute Gasteiger partial charge is 0.466 e. The lowest BCUT2D eigenvalue weighted by atomic mass is 10.2. The Labute approximate surface area is 216 Å². The lowest BCUT2D eigenvalue weighted by Gasteiger charge is -2.26. The van der Waals surface area contributed by atoms with Crippen LogP contribution in [0, 0.1) is 17.5 Å². The summed E-state index contributed by atoms with van der Waals surface area (Å²) in [5.74, 6) is -3.09. The van der Waals surface area contributed by atoms with Crippen molar-refractivity contribution in [2.24, 2.45) is 0 Å². The Morgan fingerprint density at radius 2 is 1.97 bits per heavy atom. The summed E-state index contributed by atoms with van der Waals surface area (Å²) in [5.41, 5.74) is 2.03. The second kappa shape index (κ2) is 10.8. The van der Waals surface area contributed by atoms with Crippen molar-refractivity contribution in [3.8, 4) is 0 Å². The zero-order chi connectivity index (χ0) is 26.6. The molecule has 196 valence electrons. The van der Waals surface area contributed by atoms with E-state index in [0.717, 1.165) is 34.9 Å². The molecule has 0 bridgehead atoms. The van der Waals surface area contributed by atoms with Crippen LogP contribution in [0.25, 0.3) is 10.9 Å². The number of carbonyl (C=O) groups is 1. The van der Waals surface area contributed by atoms with Gasteiger partial charge >= 0.3 is 5.97 Å². The Bertz CT molecular complexity index is 1510. The summed E-state index contributed by atoms with van der Waals surface area (Å²) in [5, 5.41) is 6.88. The summed E-state index contributed by atoms with van der Waals surface area (Å²) >= 11 is 0. The predicted molar refractivity (Wildman–Crippen MR) is 138 cm³/mol. The Kier molecular flexibility index (Phi) is 7.16. The number of nitrogens with zero attached hydrogens (tertiary/aromatic N) is 4. The molecule has 11 heteroatoms. The number of esters is 1. The van der Waals surface area contributed by atoms with Gasteiger partial charge < -0.3 is 24.8 Å². The second-order valence-electron chi connectivity index (χ2n) is 8.61. The number of fused-ring (bicyclic) bond motifs is 1. The maximum Gasteiger partial charge on any atom is 0.307 e. The standard InChI is InChI=1S/C27H25F3N6O2/c1-2-38-25(37)11-13-35-16-23(18-6-3-4-7-22(18)35)36-12-5-8-24(36)33-27-31-15-21(30)26(34-27)32-17-9-10-19(28)20(29)14-17/h3-7,9-10,12,14-16,24H,2,8,11,13H2,1H3,(H2,31,32,33,34). The molecule has 5 rings (SSSR count). The zero-order valence-corrected chi connectivity index (χ0v) is 20.5. The van der Waals surface area contributed by atoms with Crippen LogP contribution in [-0.2, 0) is 16.1 Å². The number of nitrogens with one attached hydrogen (secondary N) is 2. The maximum atomic E-state index is 14.4. The molecule has 2 N–H and O–H groups in total. The van der Waals surface area contributed by atoms with E-state index in [2.05, 4.69) is 20.6 Å². The first-order valence-electron chi connectivity index (χ1n) is 12.1. The Hall–Kier alpha value is -4.54. The highest BCUT2D eigenvalue weighted by atomic mass is 19.2.